The Morgan fingerprint density at radius 1 is 0.765 bits per heavy atom. The fourth-order valence-electron chi connectivity index (χ4n) is 0.839. The first-order valence-electron chi connectivity index (χ1n) is 4.35. The number of rotatable bonds is 0. The molecule has 0 amide bonds. The summed E-state index contributed by atoms with van der Waals surface area (Å²) in [6.07, 6.45) is 2.81. The average Bonchev–Trinajstić information content (AvgIpc) is 2.28. The van der Waals surface area contributed by atoms with Crippen molar-refractivity contribution in [2.45, 2.75) is 10.1 Å². The van der Waals surface area contributed by atoms with Gasteiger partial charge in [-0.1, -0.05) is 25.3 Å². The molecule has 0 aromatic carbocycles. The summed E-state index contributed by atoms with van der Waals surface area (Å²) < 4.78 is 1.40. The summed E-state index contributed by atoms with van der Waals surface area (Å²) in [6.45, 7) is 0. The van der Waals surface area contributed by atoms with E-state index in [1.807, 2.05) is 0 Å². The Morgan fingerprint density at radius 2 is 1.12 bits per heavy atom. The number of thiol groups is 2. The third-order valence-corrected chi connectivity index (χ3v) is 2.30. The van der Waals surface area contributed by atoms with Crippen molar-refractivity contribution in [3.63, 3.8) is 0 Å². The minimum absolute atomic E-state index is 0. The number of pyridine rings is 2. The van der Waals surface area contributed by atoms with E-state index < -0.39 is 0 Å². The lowest BCUT2D eigenvalue weighted by Crippen LogP contribution is -2.26. The lowest BCUT2D eigenvalue weighted by molar-refractivity contribution is -0.645. The Balaban J connectivity index is 0.000000284. The maximum atomic E-state index is 10.5. The van der Waals surface area contributed by atoms with Crippen molar-refractivity contribution in [1.29, 1.82) is 0 Å². The highest BCUT2D eigenvalue weighted by atomic mass is 32.1. The summed E-state index contributed by atoms with van der Waals surface area (Å²) >= 11 is 7.70. The zero-order chi connectivity index (χ0) is 12.0. The molecule has 0 unspecified atom stereocenters. The number of aromatic nitrogens is 2. The molecular formula is C10H12N2O3S2. The van der Waals surface area contributed by atoms with Crippen LogP contribution in [0.15, 0.2) is 58.8 Å². The molecule has 2 aromatic rings. The topological polar surface area (TPSA) is 85.4 Å². The smallest absolute Gasteiger partial charge is 0.248 e. The molecule has 17 heavy (non-hydrogen) atoms. The van der Waals surface area contributed by atoms with Crippen LogP contribution in [0.2, 0.25) is 0 Å². The Morgan fingerprint density at radius 3 is 1.29 bits per heavy atom. The molecule has 0 fully saturated rings. The van der Waals surface area contributed by atoms with E-state index in [4.69, 9.17) is 0 Å². The zero-order valence-electron chi connectivity index (χ0n) is 8.72. The van der Waals surface area contributed by atoms with Gasteiger partial charge < -0.3 is 15.9 Å². The van der Waals surface area contributed by atoms with Crippen molar-refractivity contribution < 1.29 is 14.9 Å². The lowest BCUT2D eigenvalue weighted by Gasteiger charge is -1.94. The van der Waals surface area contributed by atoms with E-state index >= 15 is 0 Å². The van der Waals surface area contributed by atoms with Gasteiger partial charge in [0.05, 0.1) is 0 Å². The van der Waals surface area contributed by atoms with Gasteiger partial charge in [0.2, 0.25) is 10.1 Å². The van der Waals surface area contributed by atoms with E-state index in [9.17, 15) is 10.4 Å². The van der Waals surface area contributed by atoms with Crippen LogP contribution in [0.5, 0.6) is 0 Å². The maximum Gasteiger partial charge on any atom is 0.248 e. The van der Waals surface area contributed by atoms with Gasteiger partial charge in [0.25, 0.3) is 0 Å². The molecule has 92 valence electrons. The molecule has 0 saturated carbocycles. The lowest BCUT2D eigenvalue weighted by atomic mass is 10.5. The second-order valence-electron chi connectivity index (χ2n) is 2.77. The molecule has 0 saturated heterocycles. The van der Waals surface area contributed by atoms with Gasteiger partial charge in [0, 0.05) is 24.3 Å². The Kier molecular flexibility index (Phi) is 7.11. The van der Waals surface area contributed by atoms with Crippen molar-refractivity contribution >= 4 is 25.3 Å². The van der Waals surface area contributed by atoms with Crippen LogP contribution in [-0.4, -0.2) is 5.48 Å². The quantitative estimate of drug-likeness (QED) is 0.413. The van der Waals surface area contributed by atoms with Gasteiger partial charge in [-0.3, -0.25) is 0 Å². The third kappa shape index (κ3) is 5.43. The van der Waals surface area contributed by atoms with Gasteiger partial charge in [0.15, 0.2) is 12.4 Å². The molecule has 2 N–H and O–H groups in total. The molecular weight excluding hydrogens is 260 g/mol. The van der Waals surface area contributed by atoms with Crippen molar-refractivity contribution in [2.24, 2.45) is 0 Å². The van der Waals surface area contributed by atoms with Gasteiger partial charge in [-0.05, 0) is 12.1 Å². The van der Waals surface area contributed by atoms with Crippen LogP contribution in [-0.2, 0) is 0 Å². The first-order chi connectivity index (χ1) is 7.61. The predicted molar refractivity (Wildman–Crippen MR) is 68.9 cm³/mol. The highest BCUT2D eigenvalue weighted by Crippen LogP contribution is 1.94. The summed E-state index contributed by atoms with van der Waals surface area (Å²) in [5.41, 5.74) is 0. The summed E-state index contributed by atoms with van der Waals surface area (Å²) in [7, 11) is 0. The van der Waals surface area contributed by atoms with E-state index in [1.165, 1.54) is 12.4 Å². The monoisotopic (exact) mass is 272 g/mol. The SMILES string of the molecule is O.[O-][n+]1ccccc1S.[O-][n+]1ccccc1S. The molecule has 2 heterocycles. The molecule has 0 atom stereocenters. The number of nitrogens with zero attached hydrogens (tertiary/aromatic N) is 2. The second kappa shape index (κ2) is 7.77. The van der Waals surface area contributed by atoms with Gasteiger partial charge in [-0.25, -0.2) is 0 Å². The van der Waals surface area contributed by atoms with Crippen LogP contribution in [0, 0.1) is 10.4 Å². The van der Waals surface area contributed by atoms with E-state index in [2.05, 4.69) is 25.3 Å². The van der Waals surface area contributed by atoms with Crippen LogP contribution in [0.4, 0.5) is 0 Å². The minimum atomic E-state index is 0. The molecule has 0 bridgehead atoms. The summed E-state index contributed by atoms with van der Waals surface area (Å²) in [4.78, 5) is 0. The van der Waals surface area contributed by atoms with E-state index in [1.54, 1.807) is 36.4 Å². The van der Waals surface area contributed by atoms with Gasteiger partial charge in [-0.2, -0.15) is 9.46 Å². The largest absolute Gasteiger partial charge is 0.618 e. The number of hydrogen-bond donors (Lipinski definition) is 2. The van der Waals surface area contributed by atoms with Crippen molar-refractivity contribution in [3.05, 3.63) is 59.2 Å². The summed E-state index contributed by atoms with van der Waals surface area (Å²) in [5, 5.41) is 21.8. The van der Waals surface area contributed by atoms with Crippen molar-refractivity contribution in [2.75, 3.05) is 0 Å². The van der Waals surface area contributed by atoms with Crippen LogP contribution in [0.1, 0.15) is 0 Å². The Hall–Kier alpha value is -1.44. The zero-order valence-corrected chi connectivity index (χ0v) is 10.5. The van der Waals surface area contributed by atoms with E-state index in [0.29, 0.717) is 19.5 Å². The normalized spacial score (nSPS) is 8.59. The third-order valence-electron chi connectivity index (χ3n) is 1.61. The second-order valence-corrected chi connectivity index (χ2v) is 3.69. The molecule has 2 aromatic heterocycles. The molecule has 7 heteroatoms. The van der Waals surface area contributed by atoms with Crippen LogP contribution >= 0.6 is 25.3 Å². The molecule has 0 spiro atoms. The van der Waals surface area contributed by atoms with Crippen LogP contribution in [0.3, 0.4) is 0 Å². The predicted octanol–water partition coefficient (Wildman–Crippen LogP) is 0.393. The van der Waals surface area contributed by atoms with E-state index in [0.717, 1.165) is 0 Å². The van der Waals surface area contributed by atoms with Crippen molar-refractivity contribution in [1.82, 2.24) is 0 Å². The summed E-state index contributed by atoms with van der Waals surface area (Å²) in [5.74, 6) is 0. The van der Waals surface area contributed by atoms with Gasteiger partial charge in [0.1, 0.15) is 0 Å². The Bertz CT molecular complexity index is 383. The van der Waals surface area contributed by atoms with E-state index in [-0.39, 0.29) is 5.48 Å². The highest BCUT2D eigenvalue weighted by molar-refractivity contribution is 7.80. The molecule has 0 aliphatic heterocycles. The van der Waals surface area contributed by atoms with Crippen LogP contribution < -0.4 is 9.46 Å². The fraction of sp³-hybridized carbons (Fsp3) is 0. The molecule has 2 rings (SSSR count). The van der Waals surface area contributed by atoms with Gasteiger partial charge >= 0.3 is 0 Å². The molecule has 0 aliphatic carbocycles. The first kappa shape index (κ1) is 15.6. The molecule has 0 aliphatic rings. The first-order valence-corrected chi connectivity index (χ1v) is 5.25. The van der Waals surface area contributed by atoms with Gasteiger partial charge in [-0.15, -0.1) is 0 Å². The summed E-state index contributed by atoms with van der Waals surface area (Å²) in [6, 6.07) is 10.1. The fourth-order valence-corrected chi connectivity index (χ4v) is 1.14. The molecule has 5 nitrogen and oxygen atoms in total. The highest BCUT2D eigenvalue weighted by Gasteiger charge is 1.91. The minimum Gasteiger partial charge on any atom is -0.618 e. The number of hydrogen-bond acceptors (Lipinski definition) is 4. The van der Waals surface area contributed by atoms with Crippen molar-refractivity contribution in [3.8, 4) is 0 Å². The maximum absolute atomic E-state index is 10.5. The average molecular weight is 272 g/mol. The standard InChI is InChI=1S/2C5H5NOS.H2O/c2*7-6-4-2-1-3-5(6)8;/h2*1-4,8H;1H2. The molecule has 0 radical (unpaired) electrons. The van der Waals surface area contributed by atoms with Crippen LogP contribution in [0.25, 0.3) is 0 Å². The Labute approximate surface area is 110 Å².